The number of aryl methyl sites for hydroxylation is 1. The van der Waals surface area contributed by atoms with Crippen molar-refractivity contribution in [2.24, 2.45) is 5.92 Å². The van der Waals surface area contributed by atoms with Gasteiger partial charge in [0.25, 0.3) is 0 Å². The number of hydrogen-bond donors (Lipinski definition) is 1. The standard InChI is InChI=1S/C11H18N2S/c1-7(2)6-10-8(3)12-11(14-10)13-9-4-5-9/h7,9H,4-6H2,1-3H3,(H,12,13). The van der Waals surface area contributed by atoms with Crippen LogP contribution in [0.25, 0.3) is 0 Å². The second-order valence-electron chi connectivity index (χ2n) is 4.54. The van der Waals surface area contributed by atoms with Crippen molar-refractivity contribution in [3.8, 4) is 0 Å². The molecule has 1 fully saturated rings. The third-order valence-corrected chi connectivity index (χ3v) is 3.50. The molecular formula is C11H18N2S. The number of hydrogen-bond acceptors (Lipinski definition) is 3. The van der Waals surface area contributed by atoms with Crippen LogP contribution < -0.4 is 5.32 Å². The second-order valence-corrected chi connectivity index (χ2v) is 5.63. The van der Waals surface area contributed by atoms with E-state index in [1.54, 1.807) is 0 Å². The van der Waals surface area contributed by atoms with Gasteiger partial charge in [-0.1, -0.05) is 13.8 Å². The highest BCUT2D eigenvalue weighted by Gasteiger charge is 2.22. The summed E-state index contributed by atoms with van der Waals surface area (Å²) in [6, 6.07) is 0.715. The van der Waals surface area contributed by atoms with Gasteiger partial charge in [0.05, 0.1) is 5.69 Å². The van der Waals surface area contributed by atoms with Crippen LogP contribution >= 0.6 is 11.3 Å². The summed E-state index contributed by atoms with van der Waals surface area (Å²) < 4.78 is 0. The lowest BCUT2D eigenvalue weighted by atomic mass is 10.1. The Morgan fingerprint density at radius 2 is 2.21 bits per heavy atom. The minimum Gasteiger partial charge on any atom is -0.359 e. The molecule has 0 amide bonds. The first-order valence-corrected chi connectivity index (χ1v) is 6.19. The first-order chi connectivity index (χ1) is 6.65. The Labute approximate surface area is 89.8 Å². The zero-order chi connectivity index (χ0) is 10.1. The first-order valence-electron chi connectivity index (χ1n) is 5.38. The highest BCUT2D eigenvalue weighted by atomic mass is 32.1. The van der Waals surface area contributed by atoms with Gasteiger partial charge in [-0.3, -0.25) is 0 Å². The molecule has 14 heavy (non-hydrogen) atoms. The fraction of sp³-hybridized carbons (Fsp3) is 0.727. The Kier molecular flexibility index (Phi) is 2.77. The van der Waals surface area contributed by atoms with Crippen molar-refractivity contribution < 1.29 is 0 Å². The quantitative estimate of drug-likeness (QED) is 0.825. The molecule has 0 spiro atoms. The molecule has 1 aromatic heterocycles. The third kappa shape index (κ3) is 2.47. The van der Waals surface area contributed by atoms with Crippen molar-refractivity contribution in [1.29, 1.82) is 0 Å². The van der Waals surface area contributed by atoms with Crippen molar-refractivity contribution in [1.82, 2.24) is 4.98 Å². The van der Waals surface area contributed by atoms with E-state index in [1.807, 2.05) is 11.3 Å². The van der Waals surface area contributed by atoms with E-state index in [0.29, 0.717) is 6.04 Å². The summed E-state index contributed by atoms with van der Waals surface area (Å²) in [4.78, 5) is 6.00. The van der Waals surface area contributed by atoms with Crippen LogP contribution in [-0.4, -0.2) is 11.0 Å². The lowest BCUT2D eigenvalue weighted by Crippen LogP contribution is -1.99. The Balaban J connectivity index is 2.03. The van der Waals surface area contributed by atoms with Crippen LogP contribution in [0, 0.1) is 12.8 Å². The van der Waals surface area contributed by atoms with E-state index in [0.717, 1.165) is 17.5 Å². The largest absolute Gasteiger partial charge is 0.359 e. The topological polar surface area (TPSA) is 24.9 Å². The number of rotatable bonds is 4. The van der Waals surface area contributed by atoms with Crippen molar-refractivity contribution >= 4 is 16.5 Å². The number of nitrogens with zero attached hydrogens (tertiary/aromatic N) is 1. The van der Waals surface area contributed by atoms with Crippen LogP contribution in [0.5, 0.6) is 0 Å². The Bertz CT molecular complexity index is 313. The van der Waals surface area contributed by atoms with Gasteiger partial charge < -0.3 is 5.32 Å². The van der Waals surface area contributed by atoms with Gasteiger partial charge in [0.15, 0.2) is 5.13 Å². The fourth-order valence-electron chi connectivity index (χ4n) is 1.45. The summed E-state index contributed by atoms with van der Waals surface area (Å²) >= 11 is 1.83. The van der Waals surface area contributed by atoms with Gasteiger partial charge >= 0.3 is 0 Å². The zero-order valence-electron chi connectivity index (χ0n) is 9.13. The molecule has 1 aromatic rings. The fourth-order valence-corrected chi connectivity index (χ4v) is 2.70. The SMILES string of the molecule is Cc1nc(NC2CC2)sc1CC(C)C. The Morgan fingerprint density at radius 3 is 2.79 bits per heavy atom. The molecule has 0 radical (unpaired) electrons. The normalized spacial score (nSPS) is 16.3. The van der Waals surface area contributed by atoms with E-state index in [9.17, 15) is 0 Å². The summed E-state index contributed by atoms with van der Waals surface area (Å²) in [5, 5.41) is 4.58. The molecule has 1 N–H and O–H groups in total. The second kappa shape index (κ2) is 3.89. The van der Waals surface area contributed by atoms with E-state index in [1.165, 1.54) is 23.4 Å². The van der Waals surface area contributed by atoms with Gasteiger partial charge in [-0.2, -0.15) is 0 Å². The summed E-state index contributed by atoms with van der Waals surface area (Å²) in [5.41, 5.74) is 1.21. The maximum atomic E-state index is 4.55. The van der Waals surface area contributed by atoms with E-state index in [-0.39, 0.29) is 0 Å². The van der Waals surface area contributed by atoms with Crippen LogP contribution in [0.4, 0.5) is 5.13 Å². The average molecular weight is 210 g/mol. The van der Waals surface area contributed by atoms with Crippen molar-refractivity contribution in [2.45, 2.75) is 46.1 Å². The minimum atomic E-state index is 0.715. The van der Waals surface area contributed by atoms with Crippen LogP contribution in [0.1, 0.15) is 37.3 Å². The molecule has 0 aliphatic heterocycles. The number of aromatic nitrogens is 1. The maximum absolute atomic E-state index is 4.55. The van der Waals surface area contributed by atoms with Gasteiger partial charge in [0.2, 0.25) is 0 Å². The summed E-state index contributed by atoms with van der Waals surface area (Å²) in [6.07, 6.45) is 3.80. The van der Waals surface area contributed by atoms with Crippen molar-refractivity contribution in [3.63, 3.8) is 0 Å². The van der Waals surface area contributed by atoms with Crippen LogP contribution in [0.3, 0.4) is 0 Å². The molecule has 2 nitrogen and oxygen atoms in total. The average Bonchev–Trinajstić information content (AvgIpc) is 2.79. The highest BCUT2D eigenvalue weighted by molar-refractivity contribution is 7.15. The van der Waals surface area contributed by atoms with Crippen LogP contribution in [0.2, 0.25) is 0 Å². The lowest BCUT2D eigenvalue weighted by Gasteiger charge is -2.00. The molecule has 1 aliphatic carbocycles. The summed E-state index contributed by atoms with van der Waals surface area (Å²) in [6.45, 7) is 6.63. The number of anilines is 1. The number of thiazole rings is 1. The molecule has 0 bridgehead atoms. The van der Waals surface area contributed by atoms with E-state index >= 15 is 0 Å². The zero-order valence-corrected chi connectivity index (χ0v) is 9.95. The van der Waals surface area contributed by atoms with Gasteiger partial charge in [-0.05, 0) is 32.1 Å². The molecule has 0 unspecified atom stereocenters. The molecule has 3 heteroatoms. The smallest absolute Gasteiger partial charge is 0.183 e. The molecule has 0 atom stereocenters. The molecular weight excluding hydrogens is 192 g/mol. The first kappa shape index (κ1) is 9.97. The molecule has 1 saturated carbocycles. The predicted octanol–water partition coefficient (Wildman–Crippen LogP) is 3.22. The van der Waals surface area contributed by atoms with Gasteiger partial charge in [0, 0.05) is 10.9 Å². The molecule has 2 rings (SSSR count). The van der Waals surface area contributed by atoms with Gasteiger partial charge in [0.1, 0.15) is 0 Å². The molecule has 1 heterocycles. The molecule has 78 valence electrons. The van der Waals surface area contributed by atoms with Crippen molar-refractivity contribution in [2.75, 3.05) is 5.32 Å². The lowest BCUT2D eigenvalue weighted by molar-refractivity contribution is 0.651. The third-order valence-electron chi connectivity index (χ3n) is 2.39. The molecule has 0 aromatic carbocycles. The molecule has 1 aliphatic rings. The van der Waals surface area contributed by atoms with E-state index < -0.39 is 0 Å². The minimum absolute atomic E-state index is 0.715. The van der Waals surface area contributed by atoms with Crippen LogP contribution in [-0.2, 0) is 6.42 Å². The number of nitrogens with one attached hydrogen (secondary N) is 1. The Morgan fingerprint density at radius 1 is 1.50 bits per heavy atom. The van der Waals surface area contributed by atoms with E-state index in [2.05, 4.69) is 31.1 Å². The molecule has 0 saturated heterocycles. The monoisotopic (exact) mass is 210 g/mol. The summed E-state index contributed by atoms with van der Waals surface area (Å²) in [7, 11) is 0. The summed E-state index contributed by atoms with van der Waals surface area (Å²) in [5.74, 6) is 0.725. The van der Waals surface area contributed by atoms with Gasteiger partial charge in [-0.15, -0.1) is 11.3 Å². The Hall–Kier alpha value is -0.570. The van der Waals surface area contributed by atoms with E-state index in [4.69, 9.17) is 0 Å². The van der Waals surface area contributed by atoms with Crippen LogP contribution in [0.15, 0.2) is 0 Å². The van der Waals surface area contributed by atoms with Crippen molar-refractivity contribution in [3.05, 3.63) is 10.6 Å². The van der Waals surface area contributed by atoms with Gasteiger partial charge in [-0.25, -0.2) is 4.98 Å². The highest BCUT2D eigenvalue weighted by Crippen LogP contribution is 2.30. The maximum Gasteiger partial charge on any atom is 0.183 e. The predicted molar refractivity (Wildman–Crippen MR) is 62.0 cm³/mol.